The number of benzene rings is 1. The average molecular weight is 278 g/mol. The summed E-state index contributed by atoms with van der Waals surface area (Å²) in [5.74, 6) is 0.971. The summed E-state index contributed by atoms with van der Waals surface area (Å²) in [5.41, 5.74) is 0.529. The summed E-state index contributed by atoms with van der Waals surface area (Å²) in [6.45, 7) is 7.04. The molecule has 1 aliphatic rings. The molecule has 0 aromatic heterocycles. The summed E-state index contributed by atoms with van der Waals surface area (Å²) >= 11 is 0. The van der Waals surface area contributed by atoms with Gasteiger partial charge in [0.1, 0.15) is 5.82 Å². The number of likely N-dealkylation sites (tertiary alicyclic amines) is 1. The third-order valence-electron chi connectivity index (χ3n) is 3.75. The molecular weight excluding hydrogens is 255 g/mol. The predicted octanol–water partition coefficient (Wildman–Crippen LogP) is 2.42. The molecule has 1 aromatic carbocycles. The Kier molecular flexibility index (Phi) is 5.12. The largest absolute Gasteiger partial charge is 0.351 e. The Bertz CT molecular complexity index is 454. The summed E-state index contributed by atoms with van der Waals surface area (Å²) in [5, 5.41) is 2.80. The van der Waals surface area contributed by atoms with E-state index in [1.807, 2.05) is 0 Å². The van der Waals surface area contributed by atoms with Crippen LogP contribution in [0.4, 0.5) is 4.39 Å². The lowest BCUT2D eigenvalue weighted by Gasteiger charge is -2.34. The third kappa shape index (κ3) is 4.30. The van der Waals surface area contributed by atoms with Crippen LogP contribution in [0.3, 0.4) is 0 Å². The predicted molar refractivity (Wildman–Crippen MR) is 77.6 cm³/mol. The molecule has 4 heteroatoms. The van der Waals surface area contributed by atoms with Crippen molar-refractivity contribution in [3.05, 3.63) is 35.6 Å². The van der Waals surface area contributed by atoms with Crippen LogP contribution in [-0.4, -0.2) is 30.4 Å². The summed E-state index contributed by atoms with van der Waals surface area (Å²) < 4.78 is 13.4. The first kappa shape index (κ1) is 15.0. The van der Waals surface area contributed by atoms with Gasteiger partial charge in [-0.1, -0.05) is 32.0 Å². The Labute approximate surface area is 120 Å². The Morgan fingerprint density at radius 1 is 1.30 bits per heavy atom. The molecular formula is C16H23FN2O. The molecule has 0 saturated carbocycles. The summed E-state index contributed by atoms with van der Waals surface area (Å²) in [7, 11) is 0. The minimum Gasteiger partial charge on any atom is -0.351 e. The lowest BCUT2D eigenvalue weighted by atomic mass is 9.92. The molecule has 1 heterocycles. The van der Waals surface area contributed by atoms with E-state index in [-0.39, 0.29) is 18.3 Å². The van der Waals surface area contributed by atoms with Crippen molar-refractivity contribution >= 4 is 5.91 Å². The fourth-order valence-corrected chi connectivity index (χ4v) is 3.02. The van der Waals surface area contributed by atoms with Gasteiger partial charge in [-0.3, -0.25) is 9.69 Å². The number of carbonyl (C=O) groups excluding carboxylic acids is 1. The van der Waals surface area contributed by atoms with Gasteiger partial charge in [-0.15, -0.1) is 0 Å². The quantitative estimate of drug-likeness (QED) is 0.917. The van der Waals surface area contributed by atoms with Crippen molar-refractivity contribution in [2.45, 2.75) is 26.8 Å². The monoisotopic (exact) mass is 278 g/mol. The van der Waals surface area contributed by atoms with Crippen molar-refractivity contribution < 1.29 is 9.18 Å². The van der Waals surface area contributed by atoms with E-state index in [1.54, 1.807) is 18.2 Å². The van der Waals surface area contributed by atoms with E-state index in [0.29, 0.717) is 23.9 Å². The zero-order chi connectivity index (χ0) is 14.5. The highest BCUT2D eigenvalue weighted by atomic mass is 19.1. The smallest absolute Gasteiger partial charge is 0.234 e. The Balaban J connectivity index is 1.79. The van der Waals surface area contributed by atoms with E-state index in [1.165, 1.54) is 12.5 Å². The molecule has 1 aromatic rings. The Hall–Kier alpha value is -1.42. The van der Waals surface area contributed by atoms with Gasteiger partial charge < -0.3 is 5.32 Å². The highest BCUT2D eigenvalue weighted by Gasteiger charge is 2.23. The van der Waals surface area contributed by atoms with Gasteiger partial charge in [0.15, 0.2) is 0 Å². The number of nitrogens with zero attached hydrogens (tertiary/aromatic N) is 1. The number of hydrogen-bond acceptors (Lipinski definition) is 2. The second kappa shape index (κ2) is 6.84. The number of nitrogens with one attached hydrogen (secondary N) is 1. The van der Waals surface area contributed by atoms with Gasteiger partial charge in [-0.05, 0) is 24.3 Å². The van der Waals surface area contributed by atoms with E-state index in [9.17, 15) is 9.18 Å². The van der Waals surface area contributed by atoms with Crippen LogP contribution >= 0.6 is 0 Å². The van der Waals surface area contributed by atoms with Crippen LogP contribution < -0.4 is 5.32 Å². The third-order valence-corrected chi connectivity index (χ3v) is 3.75. The maximum absolute atomic E-state index is 13.4. The van der Waals surface area contributed by atoms with Gasteiger partial charge in [0.25, 0.3) is 0 Å². The fourth-order valence-electron chi connectivity index (χ4n) is 3.02. The highest BCUT2D eigenvalue weighted by Crippen LogP contribution is 2.20. The van der Waals surface area contributed by atoms with E-state index in [4.69, 9.17) is 0 Å². The molecule has 1 fully saturated rings. The molecule has 2 atom stereocenters. The molecule has 1 N–H and O–H groups in total. The normalized spacial score (nSPS) is 23.6. The lowest BCUT2D eigenvalue weighted by Crippen LogP contribution is -2.44. The minimum absolute atomic E-state index is 0.0328. The van der Waals surface area contributed by atoms with Crippen LogP contribution in [-0.2, 0) is 11.3 Å². The Morgan fingerprint density at radius 3 is 2.60 bits per heavy atom. The van der Waals surface area contributed by atoms with Crippen molar-refractivity contribution in [1.82, 2.24) is 10.2 Å². The molecule has 1 amide bonds. The van der Waals surface area contributed by atoms with Crippen LogP contribution in [0.15, 0.2) is 24.3 Å². The molecule has 1 aliphatic heterocycles. The van der Waals surface area contributed by atoms with Crippen molar-refractivity contribution in [2.75, 3.05) is 19.6 Å². The number of halogens is 1. The molecule has 20 heavy (non-hydrogen) atoms. The summed E-state index contributed by atoms with van der Waals surface area (Å²) in [6.07, 6.45) is 1.23. The van der Waals surface area contributed by atoms with E-state index in [2.05, 4.69) is 24.1 Å². The SMILES string of the molecule is C[C@@H]1C[C@@H](C)CN(CC(=O)NCc2ccccc2F)C1. The number of carbonyl (C=O) groups is 1. The molecule has 0 bridgehead atoms. The van der Waals surface area contributed by atoms with Crippen LogP contribution in [0.5, 0.6) is 0 Å². The van der Waals surface area contributed by atoms with Gasteiger partial charge in [0, 0.05) is 25.2 Å². The number of amides is 1. The van der Waals surface area contributed by atoms with Crippen molar-refractivity contribution in [3.8, 4) is 0 Å². The molecule has 2 rings (SSSR count). The van der Waals surface area contributed by atoms with Crippen molar-refractivity contribution in [1.29, 1.82) is 0 Å². The van der Waals surface area contributed by atoms with Crippen molar-refractivity contribution in [2.24, 2.45) is 11.8 Å². The molecule has 0 spiro atoms. The maximum atomic E-state index is 13.4. The molecule has 3 nitrogen and oxygen atoms in total. The van der Waals surface area contributed by atoms with Crippen LogP contribution in [0.1, 0.15) is 25.8 Å². The molecule has 0 radical (unpaired) electrons. The van der Waals surface area contributed by atoms with Gasteiger partial charge >= 0.3 is 0 Å². The summed E-state index contributed by atoms with van der Waals surface area (Å²) in [4.78, 5) is 14.1. The van der Waals surface area contributed by atoms with Crippen LogP contribution in [0, 0.1) is 17.7 Å². The molecule has 0 aliphatic carbocycles. The second-order valence-corrected chi connectivity index (χ2v) is 6.01. The molecule has 1 saturated heterocycles. The minimum atomic E-state index is -0.270. The maximum Gasteiger partial charge on any atom is 0.234 e. The summed E-state index contributed by atoms with van der Waals surface area (Å²) in [6, 6.07) is 6.53. The van der Waals surface area contributed by atoms with E-state index < -0.39 is 0 Å². The molecule has 0 unspecified atom stereocenters. The van der Waals surface area contributed by atoms with Crippen molar-refractivity contribution in [3.63, 3.8) is 0 Å². The second-order valence-electron chi connectivity index (χ2n) is 6.01. The highest BCUT2D eigenvalue weighted by molar-refractivity contribution is 5.78. The number of hydrogen-bond donors (Lipinski definition) is 1. The first-order chi connectivity index (χ1) is 9.54. The van der Waals surface area contributed by atoms with E-state index >= 15 is 0 Å². The van der Waals surface area contributed by atoms with Gasteiger partial charge in [-0.25, -0.2) is 4.39 Å². The molecule has 110 valence electrons. The zero-order valence-electron chi connectivity index (χ0n) is 12.2. The fraction of sp³-hybridized carbons (Fsp3) is 0.562. The van der Waals surface area contributed by atoms with Gasteiger partial charge in [0.2, 0.25) is 5.91 Å². The van der Waals surface area contributed by atoms with Gasteiger partial charge in [0.05, 0.1) is 6.54 Å². The zero-order valence-corrected chi connectivity index (χ0v) is 12.2. The Morgan fingerprint density at radius 2 is 1.95 bits per heavy atom. The van der Waals surface area contributed by atoms with Crippen LogP contribution in [0.2, 0.25) is 0 Å². The van der Waals surface area contributed by atoms with Gasteiger partial charge in [-0.2, -0.15) is 0 Å². The average Bonchev–Trinajstić information content (AvgIpc) is 2.36. The topological polar surface area (TPSA) is 32.3 Å². The first-order valence-corrected chi connectivity index (χ1v) is 7.27. The first-order valence-electron chi connectivity index (χ1n) is 7.27. The standard InChI is InChI=1S/C16H23FN2O/c1-12-7-13(2)10-19(9-12)11-16(20)18-8-14-5-3-4-6-15(14)17/h3-6,12-13H,7-11H2,1-2H3,(H,18,20)/t12-,13-/m1/s1. The number of piperidine rings is 1. The number of rotatable bonds is 4. The van der Waals surface area contributed by atoms with E-state index in [0.717, 1.165) is 13.1 Å². The lowest BCUT2D eigenvalue weighted by molar-refractivity contribution is -0.123. The van der Waals surface area contributed by atoms with Crippen LogP contribution in [0.25, 0.3) is 0 Å².